The molecule has 178 valence electrons. The van der Waals surface area contributed by atoms with Gasteiger partial charge in [-0.3, -0.25) is 4.99 Å². The number of hydrogen-bond acceptors (Lipinski definition) is 5. The maximum absolute atomic E-state index is 12.3. The topological polar surface area (TPSA) is 109 Å². The van der Waals surface area contributed by atoms with Gasteiger partial charge in [-0.15, -0.1) is 24.0 Å². The number of sulfone groups is 1. The van der Waals surface area contributed by atoms with Gasteiger partial charge in [0.1, 0.15) is 5.60 Å². The number of alkyl carbamates (subject to hydrolysis) is 1. The molecule has 0 bridgehead atoms. The van der Waals surface area contributed by atoms with E-state index in [2.05, 4.69) is 20.9 Å². The van der Waals surface area contributed by atoms with E-state index < -0.39 is 27.1 Å². The molecule has 0 saturated heterocycles. The Morgan fingerprint density at radius 2 is 1.61 bits per heavy atom. The number of guanidine groups is 1. The van der Waals surface area contributed by atoms with Crippen molar-refractivity contribution in [3.8, 4) is 0 Å². The molecule has 1 rings (SSSR count). The molecule has 1 aromatic carbocycles. The van der Waals surface area contributed by atoms with Gasteiger partial charge >= 0.3 is 6.09 Å². The van der Waals surface area contributed by atoms with Gasteiger partial charge in [0.05, 0.1) is 10.4 Å². The molecule has 8 nitrogen and oxygen atoms in total. The van der Waals surface area contributed by atoms with E-state index in [1.54, 1.807) is 31.3 Å². The predicted octanol–water partition coefficient (Wildman–Crippen LogP) is 3.46. The average Bonchev–Trinajstić information content (AvgIpc) is 2.65. The van der Waals surface area contributed by atoms with E-state index in [4.69, 9.17) is 4.74 Å². The van der Waals surface area contributed by atoms with Gasteiger partial charge in [0, 0.05) is 26.4 Å². The van der Waals surface area contributed by atoms with Crippen molar-refractivity contribution in [2.24, 2.45) is 4.99 Å². The number of amides is 1. The molecule has 1 aromatic rings. The number of carbonyl (C=O) groups is 1. The maximum Gasteiger partial charge on any atom is 0.408 e. The molecule has 0 aromatic heterocycles. The summed E-state index contributed by atoms with van der Waals surface area (Å²) in [6.07, 6.45) is 2.19. The summed E-state index contributed by atoms with van der Waals surface area (Å²) in [5, 5.41) is 9.46. The number of halogens is 1. The molecule has 0 aliphatic heterocycles. The van der Waals surface area contributed by atoms with Crippen LogP contribution in [0.2, 0.25) is 0 Å². The van der Waals surface area contributed by atoms with Crippen LogP contribution in [0.25, 0.3) is 0 Å². The first-order chi connectivity index (χ1) is 13.8. The SMILES string of the molecule is CCC(CC)(CNC(=NC)NCc1ccc(S(C)(=O)=O)cc1)NC(=O)OC(C)(C)C.I. The first-order valence-electron chi connectivity index (χ1n) is 10.1. The lowest BCUT2D eigenvalue weighted by Crippen LogP contribution is -2.57. The number of hydrogen-bond donors (Lipinski definition) is 3. The second kappa shape index (κ2) is 12.5. The molecule has 0 aliphatic rings. The number of rotatable bonds is 8. The monoisotopic (exact) mass is 568 g/mol. The molecule has 0 unspecified atom stereocenters. The van der Waals surface area contributed by atoms with Gasteiger partial charge in [0.2, 0.25) is 0 Å². The minimum absolute atomic E-state index is 0. The highest BCUT2D eigenvalue weighted by atomic mass is 127. The third-order valence-electron chi connectivity index (χ3n) is 4.75. The zero-order valence-electron chi connectivity index (χ0n) is 19.5. The van der Waals surface area contributed by atoms with Crippen LogP contribution >= 0.6 is 24.0 Å². The summed E-state index contributed by atoms with van der Waals surface area (Å²) in [5.74, 6) is 0.583. The highest BCUT2D eigenvalue weighted by Gasteiger charge is 2.30. The lowest BCUT2D eigenvalue weighted by molar-refractivity contribution is 0.0448. The van der Waals surface area contributed by atoms with Crippen molar-refractivity contribution in [1.82, 2.24) is 16.0 Å². The second-order valence-corrected chi connectivity index (χ2v) is 10.3. The standard InChI is InChI=1S/C21H36N4O4S.HI/c1-8-21(9-2,25-19(26)29-20(3,4)5)15-24-18(22-6)23-14-16-10-12-17(13-11-16)30(7,27)28;/h10-13H,8-9,14-15H2,1-7H3,(H,25,26)(H2,22,23,24);1H. The molecule has 0 atom stereocenters. The van der Waals surface area contributed by atoms with Gasteiger partial charge in [-0.1, -0.05) is 26.0 Å². The summed E-state index contributed by atoms with van der Waals surface area (Å²) >= 11 is 0. The Kier molecular flexibility index (Phi) is 11.8. The van der Waals surface area contributed by atoms with Gasteiger partial charge in [0.15, 0.2) is 15.8 Å². The van der Waals surface area contributed by atoms with Crippen molar-refractivity contribution < 1.29 is 17.9 Å². The largest absolute Gasteiger partial charge is 0.444 e. The van der Waals surface area contributed by atoms with E-state index in [-0.39, 0.29) is 28.9 Å². The summed E-state index contributed by atoms with van der Waals surface area (Å²) < 4.78 is 28.5. The minimum atomic E-state index is -3.21. The minimum Gasteiger partial charge on any atom is -0.444 e. The molecule has 0 radical (unpaired) electrons. The summed E-state index contributed by atoms with van der Waals surface area (Å²) in [5.41, 5.74) is -0.110. The zero-order valence-corrected chi connectivity index (χ0v) is 22.7. The van der Waals surface area contributed by atoms with Crippen LogP contribution in [0.15, 0.2) is 34.2 Å². The molecule has 0 spiro atoms. The summed E-state index contributed by atoms with van der Waals surface area (Å²) in [7, 11) is -1.54. The number of nitrogens with zero attached hydrogens (tertiary/aromatic N) is 1. The van der Waals surface area contributed by atoms with E-state index in [0.717, 1.165) is 18.4 Å². The molecule has 0 saturated carbocycles. The van der Waals surface area contributed by atoms with Crippen molar-refractivity contribution >= 4 is 45.9 Å². The van der Waals surface area contributed by atoms with Crippen molar-refractivity contribution in [3.63, 3.8) is 0 Å². The second-order valence-electron chi connectivity index (χ2n) is 8.31. The van der Waals surface area contributed by atoms with Crippen LogP contribution in [0.3, 0.4) is 0 Å². The first-order valence-corrected chi connectivity index (χ1v) is 12.0. The highest BCUT2D eigenvalue weighted by molar-refractivity contribution is 14.0. The Bertz CT molecular complexity index is 830. The van der Waals surface area contributed by atoms with E-state index in [1.807, 2.05) is 34.6 Å². The Balaban J connectivity index is 0.00000900. The zero-order chi connectivity index (χ0) is 23.0. The highest BCUT2D eigenvalue weighted by Crippen LogP contribution is 2.16. The predicted molar refractivity (Wildman–Crippen MR) is 136 cm³/mol. The van der Waals surface area contributed by atoms with Crippen LogP contribution in [-0.4, -0.2) is 51.5 Å². The number of carbonyl (C=O) groups excluding carboxylic acids is 1. The van der Waals surface area contributed by atoms with E-state index in [1.165, 1.54) is 6.26 Å². The molecule has 31 heavy (non-hydrogen) atoms. The smallest absolute Gasteiger partial charge is 0.408 e. The molecule has 0 aliphatic carbocycles. The van der Waals surface area contributed by atoms with Crippen molar-refractivity contribution in [3.05, 3.63) is 29.8 Å². The van der Waals surface area contributed by atoms with Crippen LogP contribution in [0.5, 0.6) is 0 Å². The van der Waals surface area contributed by atoms with E-state index in [0.29, 0.717) is 19.0 Å². The van der Waals surface area contributed by atoms with Crippen molar-refractivity contribution in [2.75, 3.05) is 19.8 Å². The van der Waals surface area contributed by atoms with Crippen LogP contribution in [0.1, 0.15) is 53.0 Å². The third kappa shape index (κ3) is 10.5. The molecule has 3 N–H and O–H groups in total. The quantitative estimate of drug-likeness (QED) is 0.252. The Morgan fingerprint density at radius 1 is 1.06 bits per heavy atom. The van der Waals surface area contributed by atoms with Crippen LogP contribution in [-0.2, 0) is 21.1 Å². The van der Waals surface area contributed by atoms with Gasteiger partial charge in [-0.05, 0) is 51.3 Å². The first kappa shape index (κ1) is 29.4. The Hall–Kier alpha value is -1.56. The molecular formula is C21H37IN4O4S. The lowest BCUT2D eigenvalue weighted by atomic mass is 9.93. The number of benzene rings is 1. The van der Waals surface area contributed by atoms with Gasteiger partial charge in [0.25, 0.3) is 0 Å². The van der Waals surface area contributed by atoms with Crippen LogP contribution < -0.4 is 16.0 Å². The van der Waals surface area contributed by atoms with Gasteiger partial charge in [-0.2, -0.15) is 0 Å². The fraction of sp³-hybridized carbons (Fsp3) is 0.619. The Morgan fingerprint density at radius 3 is 2.03 bits per heavy atom. The fourth-order valence-electron chi connectivity index (χ4n) is 2.75. The van der Waals surface area contributed by atoms with E-state index >= 15 is 0 Å². The van der Waals surface area contributed by atoms with Crippen LogP contribution in [0.4, 0.5) is 4.79 Å². The van der Waals surface area contributed by atoms with Crippen molar-refractivity contribution in [2.45, 2.75) is 70.0 Å². The van der Waals surface area contributed by atoms with Crippen LogP contribution in [0, 0.1) is 0 Å². The summed E-state index contributed by atoms with van der Waals surface area (Å²) in [4.78, 5) is 16.8. The van der Waals surface area contributed by atoms with Gasteiger partial charge in [-0.25, -0.2) is 13.2 Å². The average molecular weight is 569 g/mol. The Labute approximate surface area is 203 Å². The maximum atomic E-state index is 12.3. The summed E-state index contributed by atoms with van der Waals surface area (Å²) in [6, 6.07) is 6.71. The number of ether oxygens (including phenoxy) is 1. The third-order valence-corrected chi connectivity index (χ3v) is 5.88. The molecule has 0 heterocycles. The molecule has 0 fully saturated rings. The number of aliphatic imine (C=N–C) groups is 1. The normalized spacial score (nSPS) is 12.5. The molecule has 1 amide bonds. The van der Waals surface area contributed by atoms with Gasteiger partial charge < -0.3 is 20.7 Å². The van der Waals surface area contributed by atoms with E-state index in [9.17, 15) is 13.2 Å². The number of nitrogens with one attached hydrogen (secondary N) is 3. The molecule has 10 heteroatoms. The van der Waals surface area contributed by atoms with Crippen molar-refractivity contribution in [1.29, 1.82) is 0 Å². The fourth-order valence-corrected chi connectivity index (χ4v) is 3.39. The molecular weight excluding hydrogens is 531 g/mol. The summed E-state index contributed by atoms with van der Waals surface area (Å²) in [6.45, 7) is 10.5. The lowest BCUT2D eigenvalue weighted by Gasteiger charge is -2.34.